The highest BCUT2D eigenvalue weighted by Gasteiger charge is 2.18. The fourth-order valence-corrected chi connectivity index (χ4v) is 3.38. The smallest absolute Gasteiger partial charge is 0.252 e. The number of pyridine rings is 1. The quantitative estimate of drug-likeness (QED) is 0.461. The predicted octanol–water partition coefficient (Wildman–Crippen LogP) is 4.45. The molecule has 10 heteroatoms. The van der Waals surface area contributed by atoms with Crippen LogP contribution in [-0.4, -0.2) is 46.3 Å². The molecule has 0 fully saturated rings. The van der Waals surface area contributed by atoms with E-state index < -0.39 is 17.9 Å². The van der Waals surface area contributed by atoms with Crippen LogP contribution in [0.15, 0.2) is 29.3 Å². The summed E-state index contributed by atoms with van der Waals surface area (Å²) in [4.78, 5) is 20.5. The summed E-state index contributed by atoms with van der Waals surface area (Å²) in [6.45, 7) is 7.48. The Balaban J connectivity index is 2.04. The van der Waals surface area contributed by atoms with Gasteiger partial charge in [-0.05, 0) is 44.0 Å². The first kappa shape index (κ1) is 24.2. The number of aliphatic imine (C=N–C) groups is 1. The van der Waals surface area contributed by atoms with E-state index in [0.29, 0.717) is 11.4 Å². The molecule has 3 aromatic rings. The molecule has 0 saturated heterocycles. The fraction of sp³-hybridized carbons (Fsp3) is 0.391. The molecule has 1 atom stereocenters. The number of nitrogens with zero attached hydrogens (tertiary/aromatic N) is 4. The van der Waals surface area contributed by atoms with Gasteiger partial charge in [-0.2, -0.15) is 5.10 Å². The van der Waals surface area contributed by atoms with E-state index in [9.17, 15) is 13.6 Å². The number of carbonyl (C=O) groups is 1. The Morgan fingerprint density at radius 3 is 2.64 bits per heavy atom. The number of nitrogens with one attached hydrogen (secondary N) is 1. The van der Waals surface area contributed by atoms with Crippen LogP contribution in [0.5, 0.6) is 0 Å². The first-order valence-electron chi connectivity index (χ1n) is 10.6. The maximum Gasteiger partial charge on any atom is 0.252 e. The Labute approximate surface area is 190 Å². The van der Waals surface area contributed by atoms with Crippen molar-refractivity contribution in [2.24, 2.45) is 16.6 Å². The van der Waals surface area contributed by atoms with Crippen LogP contribution in [0.2, 0.25) is 0 Å². The second kappa shape index (κ2) is 10.0. The zero-order valence-electron chi connectivity index (χ0n) is 19.3. The van der Waals surface area contributed by atoms with E-state index in [-0.39, 0.29) is 36.3 Å². The molecule has 0 radical (unpaired) electrons. The average molecular weight is 459 g/mol. The van der Waals surface area contributed by atoms with E-state index in [0.717, 1.165) is 22.7 Å². The van der Waals surface area contributed by atoms with E-state index in [1.165, 1.54) is 14.0 Å². The van der Waals surface area contributed by atoms with Crippen molar-refractivity contribution in [2.75, 3.05) is 19.0 Å². The van der Waals surface area contributed by atoms with Gasteiger partial charge < -0.3 is 15.8 Å². The molecular weight excluding hydrogens is 430 g/mol. The Morgan fingerprint density at radius 1 is 1.30 bits per heavy atom. The van der Waals surface area contributed by atoms with Crippen molar-refractivity contribution < 1.29 is 18.3 Å². The molecule has 1 aromatic carbocycles. The summed E-state index contributed by atoms with van der Waals surface area (Å²) < 4.78 is 34.9. The summed E-state index contributed by atoms with van der Waals surface area (Å²) >= 11 is 0. The summed E-state index contributed by atoms with van der Waals surface area (Å²) in [5.74, 6) is -1.69. The number of alkyl halides is 1. The number of primary amides is 1. The molecule has 33 heavy (non-hydrogen) atoms. The maximum absolute atomic E-state index is 14.7. The first-order valence-corrected chi connectivity index (χ1v) is 10.6. The molecule has 8 nitrogen and oxygen atoms in total. The van der Waals surface area contributed by atoms with Crippen LogP contribution in [0.3, 0.4) is 0 Å². The van der Waals surface area contributed by atoms with Gasteiger partial charge in [0.25, 0.3) is 5.91 Å². The Bertz CT molecular complexity index is 1200. The van der Waals surface area contributed by atoms with E-state index >= 15 is 0 Å². The summed E-state index contributed by atoms with van der Waals surface area (Å²) in [5, 5.41) is 8.24. The molecule has 0 bridgehead atoms. The van der Waals surface area contributed by atoms with Crippen molar-refractivity contribution in [3.8, 4) is 0 Å². The number of halogens is 2. The van der Waals surface area contributed by atoms with Gasteiger partial charge in [-0.1, -0.05) is 13.8 Å². The number of hydrogen-bond donors (Lipinski definition) is 2. The number of ether oxygens (including phenoxy) is 1. The zero-order chi connectivity index (χ0) is 24.3. The van der Waals surface area contributed by atoms with E-state index in [1.807, 2.05) is 20.8 Å². The zero-order valence-corrected chi connectivity index (χ0v) is 19.3. The molecule has 0 spiro atoms. The highest BCUT2D eigenvalue weighted by atomic mass is 19.1. The summed E-state index contributed by atoms with van der Waals surface area (Å²) in [6.07, 6.45) is -1.04. The molecule has 3 rings (SSSR count). The number of nitrogens with two attached hydrogens (primary N) is 1. The standard InChI is InChI=1S/C23H28F2N6O2/c1-12(2)19(11-33-5)28-23-18(25)9-17(21(26)32)22(29-23)27-15-6-7-20-16(8-15)14(4)30-31(20)10-13(3)24/h6-9,12-13H,10-11H2,1-5H3,(H2,26,32)(H,27,29)/b28-19+. The molecule has 176 valence electrons. The Morgan fingerprint density at radius 2 is 2.03 bits per heavy atom. The number of rotatable bonds is 9. The maximum atomic E-state index is 14.7. The van der Waals surface area contributed by atoms with Crippen LogP contribution in [0.4, 0.5) is 26.1 Å². The van der Waals surface area contributed by atoms with Crippen LogP contribution < -0.4 is 11.1 Å². The van der Waals surface area contributed by atoms with Crippen LogP contribution in [-0.2, 0) is 11.3 Å². The third-order valence-electron chi connectivity index (χ3n) is 5.05. The molecular formula is C23H28F2N6O2. The molecule has 1 amide bonds. The lowest BCUT2D eigenvalue weighted by Gasteiger charge is -2.13. The molecule has 0 aliphatic rings. The minimum absolute atomic E-state index is 0.00679. The van der Waals surface area contributed by atoms with Crippen molar-refractivity contribution >= 4 is 39.8 Å². The molecule has 2 aromatic heterocycles. The summed E-state index contributed by atoms with van der Waals surface area (Å²) in [7, 11) is 1.53. The second-order valence-electron chi connectivity index (χ2n) is 8.15. The highest BCUT2D eigenvalue weighted by molar-refractivity contribution is 5.99. The largest absolute Gasteiger partial charge is 0.379 e. The number of fused-ring (bicyclic) bond motifs is 1. The van der Waals surface area contributed by atoms with Gasteiger partial charge in [0.2, 0.25) is 0 Å². The lowest BCUT2D eigenvalue weighted by atomic mass is 10.1. The number of anilines is 2. The molecule has 0 aliphatic heterocycles. The van der Waals surface area contributed by atoms with Crippen LogP contribution in [0.25, 0.3) is 10.9 Å². The Kier molecular flexibility index (Phi) is 7.37. The predicted molar refractivity (Wildman–Crippen MR) is 125 cm³/mol. The summed E-state index contributed by atoms with van der Waals surface area (Å²) in [6, 6.07) is 6.36. The normalized spacial score (nSPS) is 13.0. The van der Waals surface area contributed by atoms with Gasteiger partial charge in [0.1, 0.15) is 12.0 Å². The first-order chi connectivity index (χ1) is 15.6. The lowest BCUT2D eigenvalue weighted by molar-refractivity contribution is 0.100. The van der Waals surface area contributed by atoms with Gasteiger partial charge >= 0.3 is 0 Å². The Hall–Kier alpha value is -3.40. The van der Waals surface area contributed by atoms with Crippen molar-refractivity contribution in [1.82, 2.24) is 14.8 Å². The number of aromatic nitrogens is 3. The molecule has 0 saturated carbocycles. The number of carbonyl (C=O) groups excluding carboxylic acids is 1. The second-order valence-corrected chi connectivity index (χ2v) is 8.15. The van der Waals surface area contributed by atoms with Gasteiger partial charge in [-0.25, -0.2) is 18.8 Å². The number of benzene rings is 1. The SMILES string of the molecule is COC/C(=N\c1nc(Nc2ccc3c(c2)c(C)nn3CC(C)F)c(C(N)=O)cc1F)C(C)C. The number of hydrogen-bond acceptors (Lipinski definition) is 6. The number of amides is 1. The van der Waals surface area contributed by atoms with Crippen molar-refractivity contribution in [3.05, 3.63) is 41.3 Å². The number of aryl methyl sites for hydroxylation is 1. The average Bonchev–Trinajstić information content (AvgIpc) is 3.03. The molecule has 1 unspecified atom stereocenters. The molecule has 3 N–H and O–H groups in total. The third kappa shape index (κ3) is 5.51. The fourth-order valence-electron chi connectivity index (χ4n) is 3.38. The van der Waals surface area contributed by atoms with E-state index in [1.54, 1.807) is 22.9 Å². The minimum Gasteiger partial charge on any atom is -0.379 e. The van der Waals surface area contributed by atoms with Crippen LogP contribution in [0, 0.1) is 18.7 Å². The van der Waals surface area contributed by atoms with Gasteiger partial charge in [0.05, 0.1) is 29.9 Å². The summed E-state index contributed by atoms with van der Waals surface area (Å²) in [5.41, 5.74) is 8.03. The van der Waals surface area contributed by atoms with Crippen LogP contribution >= 0.6 is 0 Å². The minimum atomic E-state index is -1.04. The molecule has 0 aliphatic carbocycles. The van der Waals surface area contributed by atoms with Crippen molar-refractivity contribution in [1.29, 1.82) is 0 Å². The topological polar surface area (TPSA) is 107 Å². The van der Waals surface area contributed by atoms with Crippen LogP contribution in [0.1, 0.15) is 36.8 Å². The van der Waals surface area contributed by atoms with E-state index in [2.05, 4.69) is 20.4 Å². The van der Waals surface area contributed by atoms with Crippen molar-refractivity contribution in [2.45, 2.75) is 40.4 Å². The van der Waals surface area contributed by atoms with E-state index in [4.69, 9.17) is 10.5 Å². The van der Waals surface area contributed by atoms with Crippen molar-refractivity contribution in [3.63, 3.8) is 0 Å². The monoisotopic (exact) mass is 458 g/mol. The van der Waals surface area contributed by atoms with Gasteiger partial charge in [-0.15, -0.1) is 0 Å². The highest BCUT2D eigenvalue weighted by Crippen LogP contribution is 2.28. The van der Waals surface area contributed by atoms with Gasteiger partial charge in [0.15, 0.2) is 11.6 Å². The number of methoxy groups -OCH3 is 1. The van der Waals surface area contributed by atoms with Gasteiger partial charge in [-0.3, -0.25) is 9.48 Å². The third-order valence-corrected chi connectivity index (χ3v) is 5.05. The lowest BCUT2D eigenvalue weighted by Crippen LogP contribution is -2.16. The molecule has 2 heterocycles. The van der Waals surface area contributed by atoms with Gasteiger partial charge in [0, 0.05) is 23.9 Å².